The molecule has 0 aromatic heterocycles. The van der Waals surface area contributed by atoms with Crippen molar-refractivity contribution in [2.24, 2.45) is 17.0 Å². The van der Waals surface area contributed by atoms with Crippen LogP contribution in [0, 0.1) is 11.8 Å². The molecule has 1 rings (SSSR count). The van der Waals surface area contributed by atoms with E-state index in [1.807, 2.05) is 0 Å². The Morgan fingerprint density at radius 3 is 3.08 bits per heavy atom. The quantitative estimate of drug-likeness (QED) is 0.357. The van der Waals surface area contributed by atoms with Crippen molar-refractivity contribution < 1.29 is 14.4 Å². The molecule has 0 amide bonds. The maximum atomic E-state index is 11.1. The Balaban J connectivity index is 2.23. The highest BCUT2D eigenvalue weighted by atomic mass is 16.6. The highest BCUT2D eigenvalue weighted by Crippen LogP contribution is 2.37. The average Bonchev–Trinajstić information content (AvgIpc) is 2.80. The Kier molecular flexibility index (Phi) is 3.08. The van der Waals surface area contributed by atoms with Crippen molar-refractivity contribution in [1.29, 1.82) is 0 Å². The van der Waals surface area contributed by atoms with Gasteiger partial charge in [-0.2, -0.15) is 0 Å². The van der Waals surface area contributed by atoms with Crippen molar-refractivity contribution in [3.8, 4) is 0 Å². The maximum Gasteiger partial charge on any atom is 0.309 e. The monoisotopic (exact) mass is 171 g/mol. The van der Waals surface area contributed by atoms with Gasteiger partial charge in [0.15, 0.2) is 0 Å². The summed E-state index contributed by atoms with van der Waals surface area (Å²) in [5.74, 6) is 0.123. The van der Waals surface area contributed by atoms with Crippen LogP contribution in [0.4, 0.5) is 0 Å². The van der Waals surface area contributed by atoms with Crippen LogP contribution in [0.2, 0.25) is 0 Å². The molecule has 0 radical (unpaired) electrons. The average molecular weight is 171 g/mol. The minimum atomic E-state index is -0.120. The third-order valence-electron chi connectivity index (χ3n) is 1.79. The molecular formula is C8H13NO3. The van der Waals surface area contributed by atoms with Gasteiger partial charge in [-0.1, -0.05) is 5.16 Å². The molecular weight excluding hydrogens is 158 g/mol. The van der Waals surface area contributed by atoms with Gasteiger partial charge < -0.3 is 9.57 Å². The molecule has 0 aromatic rings. The summed E-state index contributed by atoms with van der Waals surface area (Å²) in [4.78, 5) is 15.6. The van der Waals surface area contributed by atoms with Crippen molar-refractivity contribution in [1.82, 2.24) is 0 Å². The lowest BCUT2D eigenvalue weighted by molar-refractivity contribution is -0.144. The molecule has 0 aliphatic heterocycles. The first-order valence-corrected chi connectivity index (χ1v) is 4.02. The lowest BCUT2D eigenvalue weighted by atomic mass is 10.3. The molecule has 0 heterocycles. The molecule has 68 valence electrons. The van der Waals surface area contributed by atoms with Crippen molar-refractivity contribution >= 4 is 12.2 Å². The first kappa shape index (κ1) is 9.03. The molecule has 1 aliphatic carbocycles. The van der Waals surface area contributed by atoms with Crippen molar-refractivity contribution in [3.63, 3.8) is 0 Å². The molecule has 2 atom stereocenters. The van der Waals surface area contributed by atoms with Gasteiger partial charge >= 0.3 is 5.97 Å². The Morgan fingerprint density at radius 1 is 1.75 bits per heavy atom. The predicted molar refractivity (Wildman–Crippen MR) is 43.7 cm³/mol. The summed E-state index contributed by atoms with van der Waals surface area (Å²) in [6, 6.07) is 0. The minimum absolute atomic E-state index is 0.0175. The molecule has 12 heavy (non-hydrogen) atoms. The first-order chi connectivity index (χ1) is 5.79. The van der Waals surface area contributed by atoms with Crippen LogP contribution in [0.5, 0.6) is 0 Å². The molecule has 2 unspecified atom stereocenters. The second-order valence-corrected chi connectivity index (χ2v) is 2.70. The van der Waals surface area contributed by atoms with Crippen LogP contribution in [0.3, 0.4) is 0 Å². The zero-order valence-electron chi connectivity index (χ0n) is 7.32. The fourth-order valence-electron chi connectivity index (χ4n) is 1.04. The molecule has 0 saturated heterocycles. The van der Waals surface area contributed by atoms with Crippen LogP contribution < -0.4 is 0 Å². The van der Waals surface area contributed by atoms with Crippen LogP contribution in [0.15, 0.2) is 5.16 Å². The summed E-state index contributed by atoms with van der Waals surface area (Å²) in [6.45, 7) is 2.25. The van der Waals surface area contributed by atoms with E-state index in [2.05, 4.69) is 9.99 Å². The standard InChI is InChI=1S/C8H13NO3/c1-3-12-8(10)7-4-6(7)5-9-11-2/h5-7H,3-4H2,1-2H3. The lowest BCUT2D eigenvalue weighted by Gasteiger charge is -1.97. The number of carbonyl (C=O) groups excluding carboxylic acids is 1. The lowest BCUT2D eigenvalue weighted by Crippen LogP contribution is -2.07. The van der Waals surface area contributed by atoms with E-state index in [1.54, 1.807) is 13.1 Å². The van der Waals surface area contributed by atoms with E-state index in [-0.39, 0.29) is 17.8 Å². The number of esters is 1. The van der Waals surface area contributed by atoms with Gasteiger partial charge in [0.1, 0.15) is 7.11 Å². The summed E-state index contributed by atoms with van der Waals surface area (Å²) in [7, 11) is 1.48. The Bertz CT molecular complexity index is 191. The first-order valence-electron chi connectivity index (χ1n) is 4.02. The van der Waals surface area contributed by atoms with Gasteiger partial charge in [-0.15, -0.1) is 0 Å². The van der Waals surface area contributed by atoms with Crippen molar-refractivity contribution in [3.05, 3.63) is 0 Å². The number of rotatable bonds is 4. The number of carbonyl (C=O) groups is 1. The van der Waals surface area contributed by atoms with Gasteiger partial charge in [0, 0.05) is 12.1 Å². The Hall–Kier alpha value is -1.06. The number of hydrogen-bond donors (Lipinski definition) is 0. The second-order valence-electron chi connectivity index (χ2n) is 2.70. The molecule has 0 spiro atoms. The molecule has 4 heteroatoms. The van der Waals surface area contributed by atoms with Gasteiger partial charge in [0.05, 0.1) is 12.5 Å². The van der Waals surface area contributed by atoms with Crippen molar-refractivity contribution in [2.45, 2.75) is 13.3 Å². The van der Waals surface area contributed by atoms with E-state index in [4.69, 9.17) is 4.74 Å². The van der Waals surface area contributed by atoms with Crippen LogP contribution in [-0.2, 0) is 14.4 Å². The SMILES string of the molecule is CCOC(=O)C1CC1C=NOC. The molecule has 4 nitrogen and oxygen atoms in total. The fraction of sp³-hybridized carbons (Fsp3) is 0.750. The third-order valence-corrected chi connectivity index (χ3v) is 1.79. The molecule has 1 saturated carbocycles. The Labute approximate surface area is 71.5 Å². The molecule has 0 aromatic carbocycles. The zero-order chi connectivity index (χ0) is 8.97. The largest absolute Gasteiger partial charge is 0.466 e. The minimum Gasteiger partial charge on any atom is -0.466 e. The topological polar surface area (TPSA) is 47.9 Å². The Morgan fingerprint density at radius 2 is 2.50 bits per heavy atom. The number of oxime groups is 1. The van der Waals surface area contributed by atoms with E-state index in [1.165, 1.54) is 7.11 Å². The zero-order valence-corrected chi connectivity index (χ0v) is 7.32. The maximum absolute atomic E-state index is 11.1. The predicted octanol–water partition coefficient (Wildman–Crippen LogP) is 0.818. The molecule has 0 bridgehead atoms. The summed E-state index contributed by atoms with van der Waals surface area (Å²) >= 11 is 0. The van der Waals surface area contributed by atoms with E-state index in [0.717, 1.165) is 6.42 Å². The summed E-state index contributed by atoms with van der Waals surface area (Å²) in [6.07, 6.45) is 2.49. The normalized spacial score (nSPS) is 27.2. The molecule has 0 N–H and O–H groups in total. The fourth-order valence-corrected chi connectivity index (χ4v) is 1.04. The van der Waals surface area contributed by atoms with Crippen LogP contribution in [0.25, 0.3) is 0 Å². The van der Waals surface area contributed by atoms with Gasteiger partial charge in [0.2, 0.25) is 0 Å². The van der Waals surface area contributed by atoms with E-state index in [9.17, 15) is 4.79 Å². The van der Waals surface area contributed by atoms with Gasteiger partial charge in [-0.3, -0.25) is 4.79 Å². The van der Waals surface area contributed by atoms with E-state index >= 15 is 0 Å². The van der Waals surface area contributed by atoms with Crippen molar-refractivity contribution in [2.75, 3.05) is 13.7 Å². The summed E-state index contributed by atoms with van der Waals surface area (Å²) in [5.41, 5.74) is 0. The van der Waals surface area contributed by atoms with E-state index < -0.39 is 0 Å². The van der Waals surface area contributed by atoms with E-state index in [0.29, 0.717) is 6.61 Å². The van der Waals surface area contributed by atoms with Gasteiger partial charge in [0.25, 0.3) is 0 Å². The second kappa shape index (κ2) is 4.09. The highest BCUT2D eigenvalue weighted by molar-refractivity contribution is 5.82. The van der Waals surface area contributed by atoms with Crippen LogP contribution in [-0.4, -0.2) is 25.9 Å². The molecule has 1 fully saturated rings. The molecule has 1 aliphatic rings. The van der Waals surface area contributed by atoms with Gasteiger partial charge in [-0.05, 0) is 13.3 Å². The van der Waals surface area contributed by atoms with Gasteiger partial charge in [-0.25, -0.2) is 0 Å². The summed E-state index contributed by atoms with van der Waals surface area (Å²) < 4.78 is 4.83. The smallest absolute Gasteiger partial charge is 0.309 e. The number of hydrogen-bond acceptors (Lipinski definition) is 4. The number of ether oxygens (including phenoxy) is 1. The number of nitrogens with zero attached hydrogens (tertiary/aromatic N) is 1. The third kappa shape index (κ3) is 2.22. The summed E-state index contributed by atoms with van der Waals surface area (Å²) in [5, 5.41) is 3.59. The van der Waals surface area contributed by atoms with Crippen LogP contribution in [0.1, 0.15) is 13.3 Å². The highest BCUT2D eigenvalue weighted by Gasteiger charge is 2.43. The van der Waals surface area contributed by atoms with Crippen LogP contribution >= 0.6 is 0 Å².